The molecule has 2 aromatic carbocycles. The molecule has 2 heterocycles. The van der Waals surface area contributed by atoms with Crippen LogP contribution in [-0.2, 0) is 16.0 Å². The number of tetrazole rings is 1. The predicted molar refractivity (Wildman–Crippen MR) is 112 cm³/mol. The van der Waals surface area contributed by atoms with Crippen LogP contribution in [0.1, 0.15) is 18.3 Å². The molecule has 0 aliphatic heterocycles. The van der Waals surface area contributed by atoms with E-state index in [0.717, 1.165) is 22.2 Å². The van der Waals surface area contributed by atoms with Crippen molar-refractivity contribution in [3.63, 3.8) is 0 Å². The molecule has 0 bridgehead atoms. The Bertz CT molecular complexity index is 1210. The number of hydrogen-bond donors (Lipinski definition) is 3. The second-order valence-corrected chi connectivity index (χ2v) is 6.99. The van der Waals surface area contributed by atoms with Gasteiger partial charge in [0.1, 0.15) is 6.04 Å². The molecule has 0 spiro atoms. The van der Waals surface area contributed by atoms with Gasteiger partial charge in [-0.05, 0) is 47.2 Å². The molecular formula is C21H21N7O2. The quantitative estimate of drug-likeness (QED) is 0.456. The number of H-pyrrole nitrogens is 1. The third kappa shape index (κ3) is 4.04. The van der Waals surface area contributed by atoms with Gasteiger partial charge >= 0.3 is 0 Å². The number of aryl methyl sites for hydroxylation is 1. The highest BCUT2D eigenvalue weighted by atomic mass is 16.2. The van der Waals surface area contributed by atoms with Crippen molar-refractivity contribution < 1.29 is 9.59 Å². The van der Waals surface area contributed by atoms with E-state index in [9.17, 15) is 9.59 Å². The Hall–Kier alpha value is -4.01. The molecule has 2 aromatic heterocycles. The minimum atomic E-state index is -0.722. The number of amides is 2. The van der Waals surface area contributed by atoms with Crippen molar-refractivity contribution in [1.29, 1.82) is 0 Å². The summed E-state index contributed by atoms with van der Waals surface area (Å²) in [5.74, 6) is 0.0584. The van der Waals surface area contributed by atoms with Gasteiger partial charge in [0.05, 0.1) is 5.69 Å². The molecule has 152 valence electrons. The van der Waals surface area contributed by atoms with Gasteiger partial charge in [-0.15, -0.1) is 5.10 Å². The van der Waals surface area contributed by atoms with Crippen LogP contribution in [0, 0.1) is 6.92 Å². The number of para-hydroxylation sites is 1. The molecule has 2 amide bonds. The van der Waals surface area contributed by atoms with E-state index < -0.39 is 6.04 Å². The summed E-state index contributed by atoms with van der Waals surface area (Å²) in [5.41, 5.74) is 3.25. The topological polar surface area (TPSA) is 118 Å². The van der Waals surface area contributed by atoms with E-state index in [0.29, 0.717) is 17.9 Å². The van der Waals surface area contributed by atoms with Crippen LogP contribution >= 0.6 is 0 Å². The Balaban J connectivity index is 1.56. The van der Waals surface area contributed by atoms with Crippen molar-refractivity contribution in [1.82, 2.24) is 30.5 Å². The first-order chi connectivity index (χ1) is 14.5. The lowest BCUT2D eigenvalue weighted by molar-refractivity contribution is -0.125. The van der Waals surface area contributed by atoms with Crippen LogP contribution in [0.5, 0.6) is 0 Å². The van der Waals surface area contributed by atoms with E-state index >= 15 is 0 Å². The molecule has 0 saturated carbocycles. The summed E-state index contributed by atoms with van der Waals surface area (Å²) in [6.07, 6.45) is 2.23. The number of hydrogen-bond acceptors (Lipinski definition) is 5. The van der Waals surface area contributed by atoms with Crippen molar-refractivity contribution in [2.24, 2.45) is 0 Å². The van der Waals surface area contributed by atoms with Crippen molar-refractivity contribution in [2.75, 3.05) is 5.32 Å². The van der Waals surface area contributed by atoms with Crippen molar-refractivity contribution >= 4 is 28.4 Å². The van der Waals surface area contributed by atoms with E-state index in [-0.39, 0.29) is 11.8 Å². The standard InChI is InChI=1S/C21H21N7O2/c1-13-25-26-27-28(13)17-7-5-6-16(11-17)24-21(30)20(23-14(2)29)10-15-12-22-19-9-4-3-8-18(15)19/h3-9,11-12,20,22H,10H2,1-2H3,(H,23,29)(H,24,30). The van der Waals surface area contributed by atoms with Gasteiger partial charge in [-0.25, -0.2) is 0 Å². The van der Waals surface area contributed by atoms with E-state index in [1.54, 1.807) is 29.8 Å². The molecule has 9 heteroatoms. The summed E-state index contributed by atoms with van der Waals surface area (Å²) in [7, 11) is 0. The Morgan fingerprint density at radius 2 is 2.00 bits per heavy atom. The number of aromatic amines is 1. The van der Waals surface area contributed by atoms with Crippen LogP contribution < -0.4 is 10.6 Å². The van der Waals surface area contributed by atoms with Gasteiger partial charge in [-0.1, -0.05) is 24.3 Å². The zero-order valence-corrected chi connectivity index (χ0v) is 16.6. The number of carbonyl (C=O) groups excluding carboxylic acids is 2. The first-order valence-corrected chi connectivity index (χ1v) is 9.49. The molecule has 4 rings (SSSR count). The fourth-order valence-corrected chi connectivity index (χ4v) is 3.39. The van der Waals surface area contributed by atoms with Crippen LogP contribution in [0.2, 0.25) is 0 Å². The second kappa shape index (κ2) is 8.16. The maximum Gasteiger partial charge on any atom is 0.247 e. The highest BCUT2D eigenvalue weighted by Gasteiger charge is 2.22. The number of carbonyl (C=O) groups is 2. The monoisotopic (exact) mass is 403 g/mol. The summed E-state index contributed by atoms with van der Waals surface area (Å²) in [6.45, 7) is 3.19. The Labute approximate surface area is 172 Å². The van der Waals surface area contributed by atoms with Crippen molar-refractivity contribution in [3.8, 4) is 5.69 Å². The third-order valence-electron chi connectivity index (χ3n) is 4.78. The number of nitrogens with zero attached hydrogens (tertiary/aromatic N) is 4. The molecule has 4 aromatic rings. The van der Waals surface area contributed by atoms with E-state index in [1.807, 2.05) is 36.5 Å². The summed E-state index contributed by atoms with van der Waals surface area (Å²) < 4.78 is 1.58. The lowest BCUT2D eigenvalue weighted by Gasteiger charge is -2.18. The van der Waals surface area contributed by atoms with Crippen molar-refractivity contribution in [2.45, 2.75) is 26.3 Å². The first-order valence-electron chi connectivity index (χ1n) is 9.49. The molecular weight excluding hydrogens is 382 g/mol. The molecule has 30 heavy (non-hydrogen) atoms. The average Bonchev–Trinajstić information content (AvgIpc) is 3.34. The predicted octanol–water partition coefficient (Wildman–Crippen LogP) is 2.14. The van der Waals surface area contributed by atoms with Crippen LogP contribution in [-0.4, -0.2) is 43.0 Å². The lowest BCUT2D eigenvalue weighted by atomic mass is 10.0. The SMILES string of the molecule is CC(=O)NC(Cc1c[nH]c2ccccc12)C(=O)Nc1cccc(-n2nnnc2C)c1. The van der Waals surface area contributed by atoms with Crippen molar-refractivity contribution in [3.05, 3.63) is 66.1 Å². The first kappa shape index (κ1) is 19.3. The molecule has 1 atom stereocenters. The minimum absolute atomic E-state index is 0.270. The zero-order chi connectivity index (χ0) is 21.1. The molecule has 0 fully saturated rings. The van der Waals surface area contributed by atoms with Crippen LogP contribution in [0.25, 0.3) is 16.6 Å². The largest absolute Gasteiger partial charge is 0.361 e. The number of benzene rings is 2. The number of aromatic nitrogens is 5. The van der Waals surface area contributed by atoms with E-state index in [2.05, 4.69) is 31.1 Å². The van der Waals surface area contributed by atoms with Gasteiger partial charge in [0.25, 0.3) is 0 Å². The smallest absolute Gasteiger partial charge is 0.247 e. The number of anilines is 1. The Morgan fingerprint density at radius 3 is 2.77 bits per heavy atom. The van der Waals surface area contributed by atoms with Gasteiger partial charge < -0.3 is 15.6 Å². The van der Waals surface area contributed by atoms with Gasteiger partial charge in [-0.3, -0.25) is 9.59 Å². The molecule has 1 unspecified atom stereocenters. The normalized spacial score (nSPS) is 11.9. The fourth-order valence-electron chi connectivity index (χ4n) is 3.39. The van der Waals surface area contributed by atoms with E-state index in [1.165, 1.54) is 6.92 Å². The zero-order valence-electron chi connectivity index (χ0n) is 16.6. The van der Waals surface area contributed by atoms with Gasteiger partial charge in [0, 0.05) is 36.1 Å². The number of nitrogens with one attached hydrogen (secondary N) is 3. The van der Waals surface area contributed by atoms with E-state index in [4.69, 9.17) is 0 Å². The van der Waals surface area contributed by atoms with Gasteiger partial charge in [0.2, 0.25) is 11.8 Å². The molecule has 3 N–H and O–H groups in total. The molecule has 0 aliphatic rings. The van der Waals surface area contributed by atoms with Gasteiger partial charge in [0.15, 0.2) is 5.82 Å². The average molecular weight is 403 g/mol. The van der Waals surface area contributed by atoms with Gasteiger partial charge in [-0.2, -0.15) is 4.68 Å². The minimum Gasteiger partial charge on any atom is -0.361 e. The summed E-state index contributed by atoms with van der Waals surface area (Å²) in [5, 5.41) is 18.1. The number of rotatable bonds is 6. The maximum absolute atomic E-state index is 13.0. The Morgan fingerprint density at radius 1 is 1.17 bits per heavy atom. The second-order valence-electron chi connectivity index (χ2n) is 6.99. The summed E-state index contributed by atoms with van der Waals surface area (Å²) in [6, 6.07) is 14.3. The highest BCUT2D eigenvalue weighted by molar-refractivity contribution is 5.97. The van der Waals surface area contributed by atoms with Crippen LogP contribution in [0.15, 0.2) is 54.7 Å². The fraction of sp³-hybridized carbons (Fsp3) is 0.190. The summed E-state index contributed by atoms with van der Waals surface area (Å²) in [4.78, 5) is 27.9. The molecule has 0 radical (unpaired) electrons. The molecule has 0 aliphatic carbocycles. The summed E-state index contributed by atoms with van der Waals surface area (Å²) >= 11 is 0. The third-order valence-corrected chi connectivity index (χ3v) is 4.78. The highest BCUT2D eigenvalue weighted by Crippen LogP contribution is 2.20. The number of fused-ring (bicyclic) bond motifs is 1. The van der Waals surface area contributed by atoms with Crippen LogP contribution in [0.3, 0.4) is 0 Å². The lowest BCUT2D eigenvalue weighted by Crippen LogP contribution is -2.44. The van der Waals surface area contributed by atoms with Crippen LogP contribution in [0.4, 0.5) is 5.69 Å². The molecule has 0 saturated heterocycles. The Kier molecular flexibility index (Phi) is 5.25. The maximum atomic E-state index is 13.0. The molecule has 9 nitrogen and oxygen atoms in total.